The molecule has 0 atom stereocenters. The minimum absolute atomic E-state index is 0.0422. The SMILES string of the molecule is Cc1ccc(Cl)cc1N1CCN(C(=O)c2cc(N3CCOCC3)ncn2)CC1. The van der Waals surface area contributed by atoms with Crippen molar-refractivity contribution in [3.63, 3.8) is 0 Å². The molecular weight excluding hydrogens is 378 g/mol. The van der Waals surface area contributed by atoms with Gasteiger partial charge in [-0.2, -0.15) is 0 Å². The fraction of sp³-hybridized carbons (Fsp3) is 0.450. The third kappa shape index (κ3) is 4.05. The summed E-state index contributed by atoms with van der Waals surface area (Å²) in [5, 5.41) is 0.732. The van der Waals surface area contributed by atoms with Crippen LogP contribution in [0.25, 0.3) is 0 Å². The summed E-state index contributed by atoms with van der Waals surface area (Å²) in [5.74, 6) is 0.745. The lowest BCUT2D eigenvalue weighted by molar-refractivity contribution is 0.0740. The van der Waals surface area contributed by atoms with Crippen LogP contribution < -0.4 is 9.80 Å². The first-order chi connectivity index (χ1) is 13.6. The van der Waals surface area contributed by atoms with Gasteiger partial charge in [-0.15, -0.1) is 0 Å². The van der Waals surface area contributed by atoms with Crippen molar-refractivity contribution in [1.82, 2.24) is 14.9 Å². The molecule has 0 saturated carbocycles. The molecule has 2 aliphatic heterocycles. The highest BCUT2D eigenvalue weighted by atomic mass is 35.5. The molecule has 0 radical (unpaired) electrons. The van der Waals surface area contributed by atoms with Crippen molar-refractivity contribution in [2.24, 2.45) is 0 Å². The van der Waals surface area contributed by atoms with Gasteiger partial charge in [0, 0.05) is 56.0 Å². The fourth-order valence-corrected chi connectivity index (χ4v) is 3.83. The Hall–Kier alpha value is -2.38. The highest BCUT2D eigenvalue weighted by molar-refractivity contribution is 6.30. The van der Waals surface area contributed by atoms with Gasteiger partial charge in [-0.3, -0.25) is 4.79 Å². The Kier molecular flexibility index (Phi) is 5.64. The Bertz CT molecular complexity index is 848. The molecule has 2 saturated heterocycles. The Labute approximate surface area is 169 Å². The highest BCUT2D eigenvalue weighted by Gasteiger charge is 2.25. The molecule has 2 fully saturated rings. The summed E-state index contributed by atoms with van der Waals surface area (Å²) >= 11 is 6.16. The van der Waals surface area contributed by atoms with E-state index >= 15 is 0 Å². The van der Waals surface area contributed by atoms with E-state index in [0.717, 1.165) is 42.7 Å². The van der Waals surface area contributed by atoms with Gasteiger partial charge < -0.3 is 19.4 Å². The van der Waals surface area contributed by atoms with Crippen LogP contribution >= 0.6 is 11.6 Å². The Balaban J connectivity index is 1.42. The molecule has 1 aromatic heterocycles. The number of piperazine rings is 1. The number of rotatable bonds is 3. The number of nitrogens with zero attached hydrogens (tertiary/aromatic N) is 5. The molecule has 0 bridgehead atoms. The van der Waals surface area contributed by atoms with E-state index < -0.39 is 0 Å². The van der Waals surface area contributed by atoms with Crippen molar-refractivity contribution >= 4 is 29.0 Å². The molecule has 148 valence electrons. The minimum atomic E-state index is -0.0422. The van der Waals surface area contributed by atoms with Crippen molar-refractivity contribution in [2.45, 2.75) is 6.92 Å². The molecule has 1 aromatic carbocycles. The van der Waals surface area contributed by atoms with Gasteiger partial charge in [0.2, 0.25) is 0 Å². The topological polar surface area (TPSA) is 61.8 Å². The minimum Gasteiger partial charge on any atom is -0.378 e. The number of hydrogen-bond donors (Lipinski definition) is 0. The van der Waals surface area contributed by atoms with Crippen LogP contribution in [0, 0.1) is 6.92 Å². The smallest absolute Gasteiger partial charge is 0.272 e. The molecule has 8 heteroatoms. The number of aryl methyl sites for hydroxylation is 1. The summed E-state index contributed by atoms with van der Waals surface area (Å²) in [6, 6.07) is 7.72. The second-order valence-electron chi connectivity index (χ2n) is 7.07. The molecular formula is C20H24ClN5O2. The summed E-state index contributed by atoms with van der Waals surface area (Å²) in [6.07, 6.45) is 1.48. The van der Waals surface area contributed by atoms with Crippen molar-refractivity contribution in [1.29, 1.82) is 0 Å². The highest BCUT2D eigenvalue weighted by Crippen LogP contribution is 2.25. The first-order valence-electron chi connectivity index (χ1n) is 9.57. The average molecular weight is 402 g/mol. The van der Waals surface area contributed by atoms with Crippen LogP contribution in [-0.2, 0) is 4.74 Å². The molecule has 0 unspecified atom stereocenters. The third-order valence-electron chi connectivity index (χ3n) is 5.29. The van der Waals surface area contributed by atoms with Crippen molar-refractivity contribution in [2.75, 3.05) is 62.3 Å². The number of halogens is 1. The molecule has 7 nitrogen and oxygen atoms in total. The largest absolute Gasteiger partial charge is 0.378 e. The number of hydrogen-bond acceptors (Lipinski definition) is 6. The summed E-state index contributed by atoms with van der Waals surface area (Å²) in [7, 11) is 0. The van der Waals surface area contributed by atoms with E-state index in [1.807, 2.05) is 23.1 Å². The van der Waals surface area contributed by atoms with Gasteiger partial charge in [-0.05, 0) is 24.6 Å². The quantitative estimate of drug-likeness (QED) is 0.786. The van der Waals surface area contributed by atoms with Crippen LogP contribution in [0.4, 0.5) is 11.5 Å². The standard InChI is InChI=1S/C20H24ClN5O2/c1-15-2-3-16(21)12-18(15)24-4-6-26(7-5-24)20(27)17-13-19(23-14-22-17)25-8-10-28-11-9-25/h2-3,12-14H,4-11H2,1H3. The summed E-state index contributed by atoms with van der Waals surface area (Å²) < 4.78 is 5.38. The van der Waals surface area contributed by atoms with E-state index in [4.69, 9.17) is 16.3 Å². The fourth-order valence-electron chi connectivity index (χ4n) is 3.67. The zero-order chi connectivity index (χ0) is 19.5. The van der Waals surface area contributed by atoms with Crippen LogP contribution in [0.2, 0.25) is 5.02 Å². The van der Waals surface area contributed by atoms with Gasteiger partial charge in [0.15, 0.2) is 0 Å². The number of anilines is 2. The maximum Gasteiger partial charge on any atom is 0.272 e. The number of benzene rings is 1. The van der Waals surface area contributed by atoms with Gasteiger partial charge >= 0.3 is 0 Å². The number of carbonyl (C=O) groups excluding carboxylic acids is 1. The monoisotopic (exact) mass is 401 g/mol. The van der Waals surface area contributed by atoms with E-state index in [2.05, 4.69) is 26.7 Å². The van der Waals surface area contributed by atoms with Crippen LogP contribution in [0.15, 0.2) is 30.6 Å². The molecule has 28 heavy (non-hydrogen) atoms. The second kappa shape index (κ2) is 8.32. The van der Waals surface area contributed by atoms with Crippen LogP contribution in [0.1, 0.15) is 16.1 Å². The lowest BCUT2D eigenvalue weighted by Gasteiger charge is -2.36. The third-order valence-corrected chi connectivity index (χ3v) is 5.52. The first kappa shape index (κ1) is 19.0. The molecule has 3 heterocycles. The molecule has 0 N–H and O–H groups in total. The normalized spacial score (nSPS) is 17.7. The summed E-state index contributed by atoms with van der Waals surface area (Å²) in [5.41, 5.74) is 2.77. The van der Waals surface area contributed by atoms with Gasteiger partial charge in [-0.25, -0.2) is 9.97 Å². The van der Waals surface area contributed by atoms with Gasteiger partial charge in [0.1, 0.15) is 17.8 Å². The lowest BCUT2D eigenvalue weighted by atomic mass is 10.1. The lowest BCUT2D eigenvalue weighted by Crippen LogP contribution is -2.49. The predicted octanol–water partition coefficient (Wildman–Crippen LogP) is 2.24. The number of carbonyl (C=O) groups is 1. The molecule has 0 aliphatic carbocycles. The maximum absolute atomic E-state index is 13.0. The van der Waals surface area contributed by atoms with Gasteiger partial charge in [0.05, 0.1) is 13.2 Å². The average Bonchev–Trinajstić information content (AvgIpc) is 2.76. The van der Waals surface area contributed by atoms with E-state index in [1.165, 1.54) is 11.9 Å². The van der Waals surface area contributed by atoms with Gasteiger partial charge in [0.25, 0.3) is 5.91 Å². The second-order valence-corrected chi connectivity index (χ2v) is 7.51. The zero-order valence-electron chi connectivity index (χ0n) is 16.0. The zero-order valence-corrected chi connectivity index (χ0v) is 16.7. The Morgan fingerprint density at radius 2 is 1.75 bits per heavy atom. The van der Waals surface area contributed by atoms with Crippen LogP contribution in [0.5, 0.6) is 0 Å². The van der Waals surface area contributed by atoms with E-state index in [9.17, 15) is 4.79 Å². The molecule has 2 aliphatic rings. The van der Waals surface area contributed by atoms with E-state index in [1.54, 1.807) is 6.07 Å². The molecule has 4 rings (SSSR count). The maximum atomic E-state index is 13.0. The van der Waals surface area contributed by atoms with Gasteiger partial charge in [-0.1, -0.05) is 17.7 Å². The molecule has 2 aromatic rings. The van der Waals surface area contributed by atoms with Crippen molar-refractivity contribution < 1.29 is 9.53 Å². The number of aromatic nitrogens is 2. The van der Waals surface area contributed by atoms with Crippen molar-refractivity contribution in [3.8, 4) is 0 Å². The van der Waals surface area contributed by atoms with E-state index in [-0.39, 0.29) is 5.91 Å². The predicted molar refractivity (Wildman–Crippen MR) is 109 cm³/mol. The van der Waals surface area contributed by atoms with Crippen LogP contribution in [0.3, 0.4) is 0 Å². The van der Waals surface area contributed by atoms with Crippen molar-refractivity contribution in [3.05, 3.63) is 46.9 Å². The number of ether oxygens (including phenoxy) is 1. The summed E-state index contributed by atoms with van der Waals surface area (Å²) in [4.78, 5) is 27.8. The summed E-state index contributed by atoms with van der Waals surface area (Å²) in [6.45, 7) is 7.85. The first-order valence-corrected chi connectivity index (χ1v) is 9.95. The molecule has 1 amide bonds. The number of morpholine rings is 1. The number of amides is 1. The Morgan fingerprint density at radius 1 is 1.00 bits per heavy atom. The van der Waals surface area contributed by atoms with Crippen LogP contribution in [-0.4, -0.2) is 73.3 Å². The Morgan fingerprint density at radius 3 is 2.50 bits per heavy atom. The van der Waals surface area contributed by atoms with E-state index in [0.29, 0.717) is 32.0 Å². The molecule has 0 spiro atoms.